The Morgan fingerprint density at radius 1 is 1.40 bits per heavy atom. The van der Waals surface area contributed by atoms with Gasteiger partial charge in [-0.2, -0.15) is 0 Å². The largest absolute Gasteiger partial charge is 0.381 e. The molecule has 1 nitrogen and oxygen atoms in total. The molecule has 0 amide bonds. The van der Waals surface area contributed by atoms with Crippen molar-refractivity contribution in [3.63, 3.8) is 0 Å². The van der Waals surface area contributed by atoms with E-state index in [0.29, 0.717) is 0 Å². The van der Waals surface area contributed by atoms with Crippen molar-refractivity contribution in [2.24, 2.45) is 11.8 Å². The smallest absolute Gasteiger partial charge is 0.0496 e. The minimum absolute atomic E-state index is 0. The lowest BCUT2D eigenvalue weighted by molar-refractivity contribution is 0.0373. The van der Waals surface area contributed by atoms with Gasteiger partial charge in [0.15, 0.2) is 0 Å². The molecule has 1 aliphatic rings. The lowest BCUT2D eigenvalue weighted by atomic mass is 9.91. The van der Waals surface area contributed by atoms with Gasteiger partial charge in [0.1, 0.15) is 0 Å². The first-order valence-corrected chi connectivity index (χ1v) is 3.88. The first kappa shape index (κ1) is 9.96. The Labute approximate surface area is 64.8 Å². The van der Waals surface area contributed by atoms with Crippen LogP contribution in [0.5, 0.6) is 0 Å². The summed E-state index contributed by atoms with van der Waals surface area (Å²) >= 11 is 0. The zero-order valence-electron chi connectivity index (χ0n) is 6.39. The van der Waals surface area contributed by atoms with Crippen molar-refractivity contribution >= 4 is 0 Å². The molecular weight excluding hydrogens is 124 g/mol. The third-order valence-corrected chi connectivity index (χ3v) is 2.14. The maximum atomic E-state index is 5.34. The fraction of sp³-hybridized carbons (Fsp3) is 1.00. The second-order valence-electron chi connectivity index (χ2n) is 3.22. The van der Waals surface area contributed by atoms with Gasteiger partial charge >= 0.3 is 0 Å². The molecule has 1 rings (SSSR count). The Balaban J connectivity index is 0.000000810. The molecule has 0 bridgehead atoms. The topological polar surface area (TPSA) is 9.23 Å². The second kappa shape index (κ2) is 4.73. The summed E-state index contributed by atoms with van der Waals surface area (Å²) in [5.74, 6) is 1.64. The number of ether oxygens (including phenoxy) is 1. The molecule has 1 atom stereocenters. The van der Waals surface area contributed by atoms with Crippen LogP contribution in [0.4, 0.5) is 0 Å². The zero-order valence-corrected chi connectivity index (χ0v) is 6.39. The number of hydrogen-bond donors (Lipinski definition) is 0. The summed E-state index contributed by atoms with van der Waals surface area (Å²) in [4.78, 5) is 0. The van der Waals surface area contributed by atoms with Gasteiger partial charge in [-0.15, -0.1) is 0 Å². The Morgan fingerprint density at radius 2 is 2.10 bits per heavy atom. The second-order valence-corrected chi connectivity index (χ2v) is 3.22. The molecule has 1 fully saturated rings. The predicted molar refractivity (Wildman–Crippen MR) is 45.1 cm³/mol. The van der Waals surface area contributed by atoms with E-state index < -0.39 is 0 Å². The van der Waals surface area contributed by atoms with E-state index in [-0.39, 0.29) is 7.43 Å². The molecule has 1 heteroatoms. The normalized spacial score (nSPS) is 26.1. The van der Waals surface area contributed by atoms with Crippen molar-refractivity contribution in [3.8, 4) is 0 Å². The van der Waals surface area contributed by atoms with Crippen LogP contribution in [0, 0.1) is 11.8 Å². The van der Waals surface area contributed by atoms with Gasteiger partial charge in [-0.25, -0.2) is 0 Å². The molecule has 1 unspecified atom stereocenters. The van der Waals surface area contributed by atoms with Gasteiger partial charge in [0.2, 0.25) is 0 Å². The van der Waals surface area contributed by atoms with E-state index in [9.17, 15) is 0 Å². The SMILES string of the molecule is C.CC(C)C1CCCOC1. The van der Waals surface area contributed by atoms with Crippen LogP contribution in [0.25, 0.3) is 0 Å². The lowest BCUT2D eigenvalue weighted by Gasteiger charge is -2.24. The molecule has 1 saturated heterocycles. The molecule has 1 heterocycles. The number of hydrogen-bond acceptors (Lipinski definition) is 1. The van der Waals surface area contributed by atoms with Crippen molar-refractivity contribution in [1.82, 2.24) is 0 Å². The van der Waals surface area contributed by atoms with Gasteiger partial charge < -0.3 is 4.74 Å². The van der Waals surface area contributed by atoms with Gasteiger partial charge in [-0.3, -0.25) is 0 Å². The quantitative estimate of drug-likeness (QED) is 0.550. The molecule has 0 radical (unpaired) electrons. The standard InChI is InChI=1S/C8H16O.CH4/c1-7(2)8-4-3-5-9-6-8;/h7-8H,3-6H2,1-2H3;1H4. The summed E-state index contributed by atoms with van der Waals surface area (Å²) in [6, 6.07) is 0. The van der Waals surface area contributed by atoms with E-state index in [4.69, 9.17) is 4.74 Å². The van der Waals surface area contributed by atoms with Crippen LogP contribution in [-0.2, 0) is 4.74 Å². The van der Waals surface area contributed by atoms with E-state index >= 15 is 0 Å². The molecule has 0 spiro atoms. The van der Waals surface area contributed by atoms with Gasteiger partial charge in [0.05, 0.1) is 0 Å². The van der Waals surface area contributed by atoms with Crippen LogP contribution in [0.1, 0.15) is 34.1 Å². The Hall–Kier alpha value is -0.0400. The average Bonchev–Trinajstić information content (AvgIpc) is 1.90. The van der Waals surface area contributed by atoms with Crippen molar-refractivity contribution in [2.45, 2.75) is 34.1 Å². The zero-order chi connectivity index (χ0) is 6.69. The van der Waals surface area contributed by atoms with Crippen molar-refractivity contribution in [3.05, 3.63) is 0 Å². The minimum atomic E-state index is 0. The first-order valence-electron chi connectivity index (χ1n) is 3.88. The van der Waals surface area contributed by atoms with Crippen LogP contribution in [0.2, 0.25) is 0 Å². The maximum absolute atomic E-state index is 5.34. The van der Waals surface area contributed by atoms with E-state index in [1.807, 2.05) is 0 Å². The molecule has 62 valence electrons. The van der Waals surface area contributed by atoms with Gasteiger partial charge in [0.25, 0.3) is 0 Å². The van der Waals surface area contributed by atoms with E-state index in [1.165, 1.54) is 12.8 Å². The molecule has 0 aromatic carbocycles. The van der Waals surface area contributed by atoms with Gasteiger partial charge in [-0.05, 0) is 24.7 Å². The first-order chi connectivity index (χ1) is 4.30. The highest BCUT2D eigenvalue weighted by atomic mass is 16.5. The summed E-state index contributed by atoms with van der Waals surface area (Å²) in [6.45, 7) is 6.54. The average molecular weight is 144 g/mol. The summed E-state index contributed by atoms with van der Waals surface area (Å²) in [5, 5.41) is 0. The van der Waals surface area contributed by atoms with Gasteiger partial charge in [0, 0.05) is 13.2 Å². The van der Waals surface area contributed by atoms with Crippen LogP contribution in [-0.4, -0.2) is 13.2 Å². The maximum Gasteiger partial charge on any atom is 0.0496 e. The van der Waals surface area contributed by atoms with Crippen molar-refractivity contribution in [1.29, 1.82) is 0 Å². The minimum Gasteiger partial charge on any atom is -0.381 e. The fourth-order valence-electron chi connectivity index (χ4n) is 1.29. The highest BCUT2D eigenvalue weighted by Gasteiger charge is 2.16. The molecule has 0 aromatic rings. The molecule has 0 saturated carbocycles. The molecular formula is C9H20O. The summed E-state index contributed by atoms with van der Waals surface area (Å²) < 4.78 is 5.34. The molecule has 1 aliphatic heterocycles. The van der Waals surface area contributed by atoms with Gasteiger partial charge in [-0.1, -0.05) is 21.3 Å². The van der Waals surface area contributed by atoms with Crippen LogP contribution < -0.4 is 0 Å². The highest BCUT2D eigenvalue weighted by Crippen LogP contribution is 2.20. The lowest BCUT2D eigenvalue weighted by Crippen LogP contribution is -2.21. The van der Waals surface area contributed by atoms with Crippen LogP contribution in [0.15, 0.2) is 0 Å². The Kier molecular flexibility index (Phi) is 4.71. The predicted octanol–water partition coefficient (Wildman–Crippen LogP) is 2.71. The molecule has 10 heavy (non-hydrogen) atoms. The summed E-state index contributed by atoms with van der Waals surface area (Å²) in [7, 11) is 0. The molecule has 0 N–H and O–H groups in total. The van der Waals surface area contributed by atoms with E-state index in [2.05, 4.69) is 13.8 Å². The third kappa shape index (κ3) is 2.70. The van der Waals surface area contributed by atoms with Crippen LogP contribution in [0.3, 0.4) is 0 Å². The van der Waals surface area contributed by atoms with Crippen molar-refractivity contribution < 1.29 is 4.74 Å². The fourth-order valence-corrected chi connectivity index (χ4v) is 1.29. The highest BCUT2D eigenvalue weighted by molar-refractivity contribution is 4.65. The molecule has 0 aliphatic carbocycles. The van der Waals surface area contributed by atoms with E-state index in [0.717, 1.165) is 25.0 Å². The van der Waals surface area contributed by atoms with Crippen molar-refractivity contribution in [2.75, 3.05) is 13.2 Å². The number of rotatable bonds is 1. The summed E-state index contributed by atoms with van der Waals surface area (Å²) in [6.07, 6.45) is 2.64. The monoisotopic (exact) mass is 144 g/mol. The summed E-state index contributed by atoms with van der Waals surface area (Å²) in [5.41, 5.74) is 0. The Bertz CT molecular complexity index is 72.8. The molecule has 0 aromatic heterocycles. The van der Waals surface area contributed by atoms with Crippen LogP contribution >= 0.6 is 0 Å². The third-order valence-electron chi connectivity index (χ3n) is 2.14. The Morgan fingerprint density at radius 3 is 2.40 bits per heavy atom. The van der Waals surface area contributed by atoms with E-state index in [1.54, 1.807) is 0 Å².